The summed E-state index contributed by atoms with van der Waals surface area (Å²) in [7, 11) is 0. The average Bonchev–Trinajstić information content (AvgIpc) is 3.09. The van der Waals surface area contributed by atoms with Gasteiger partial charge in [-0.3, -0.25) is 0 Å². The molecule has 0 amide bonds. The maximum absolute atomic E-state index is 6.26. The summed E-state index contributed by atoms with van der Waals surface area (Å²) in [4.78, 5) is 0. The number of halogens is 1. The molecule has 3 rings (SSSR count). The van der Waals surface area contributed by atoms with Crippen LogP contribution < -0.4 is 10.5 Å². The molecule has 1 heterocycles. The van der Waals surface area contributed by atoms with Crippen molar-refractivity contribution in [1.82, 2.24) is 0 Å². The summed E-state index contributed by atoms with van der Waals surface area (Å²) in [5, 5.41) is 2.13. The molecule has 1 atom stereocenters. The van der Waals surface area contributed by atoms with Gasteiger partial charge in [0.25, 0.3) is 0 Å². The zero-order valence-corrected chi connectivity index (χ0v) is 12.8. The molecule has 2 N–H and O–H groups in total. The quantitative estimate of drug-likeness (QED) is 0.827. The van der Waals surface area contributed by atoms with E-state index >= 15 is 0 Å². The van der Waals surface area contributed by atoms with E-state index in [2.05, 4.69) is 46.2 Å². The molecule has 1 aliphatic rings. The standard InChI is InChI=1S/C14H14INOS/c15-13-7-10(8-18-13)14(16)9-1-3-11(4-2-9)17-12-5-6-12/h1-4,7-8,12,14H,5-6,16H2. The topological polar surface area (TPSA) is 35.2 Å². The fourth-order valence-electron chi connectivity index (χ4n) is 1.81. The van der Waals surface area contributed by atoms with Crippen molar-refractivity contribution >= 4 is 33.9 Å². The van der Waals surface area contributed by atoms with Crippen LogP contribution in [0, 0.1) is 2.88 Å². The normalized spacial score (nSPS) is 16.6. The van der Waals surface area contributed by atoms with Crippen molar-refractivity contribution in [2.24, 2.45) is 5.73 Å². The molecule has 1 aromatic carbocycles. The van der Waals surface area contributed by atoms with Crippen molar-refractivity contribution in [2.45, 2.75) is 25.0 Å². The number of hydrogen-bond acceptors (Lipinski definition) is 3. The first-order chi connectivity index (χ1) is 8.72. The molecule has 0 aliphatic heterocycles. The van der Waals surface area contributed by atoms with Crippen LogP contribution in [0.15, 0.2) is 35.7 Å². The van der Waals surface area contributed by atoms with E-state index in [-0.39, 0.29) is 6.04 Å². The van der Waals surface area contributed by atoms with Gasteiger partial charge >= 0.3 is 0 Å². The molecule has 1 saturated carbocycles. The van der Waals surface area contributed by atoms with Gasteiger partial charge in [-0.05, 0) is 70.1 Å². The molecule has 0 spiro atoms. The second-order valence-electron chi connectivity index (χ2n) is 4.55. The van der Waals surface area contributed by atoms with E-state index in [0.717, 1.165) is 11.3 Å². The molecule has 0 saturated heterocycles. The van der Waals surface area contributed by atoms with Crippen LogP contribution in [0.5, 0.6) is 5.75 Å². The molecule has 2 nitrogen and oxygen atoms in total. The highest BCUT2D eigenvalue weighted by atomic mass is 127. The minimum absolute atomic E-state index is 0.0419. The predicted molar refractivity (Wildman–Crippen MR) is 83.2 cm³/mol. The van der Waals surface area contributed by atoms with E-state index in [4.69, 9.17) is 10.5 Å². The number of hydrogen-bond donors (Lipinski definition) is 1. The third-order valence-electron chi connectivity index (χ3n) is 3.01. The predicted octanol–water partition coefficient (Wildman–Crippen LogP) is 3.94. The molecule has 1 fully saturated rings. The molecule has 1 aromatic heterocycles. The number of nitrogens with two attached hydrogens (primary N) is 1. The lowest BCUT2D eigenvalue weighted by Gasteiger charge is -2.11. The van der Waals surface area contributed by atoms with Crippen LogP contribution in [-0.4, -0.2) is 6.10 Å². The zero-order valence-electron chi connectivity index (χ0n) is 9.80. The number of ether oxygens (including phenoxy) is 1. The van der Waals surface area contributed by atoms with Gasteiger partial charge < -0.3 is 10.5 Å². The average molecular weight is 371 g/mol. The van der Waals surface area contributed by atoms with Gasteiger partial charge in [-0.1, -0.05) is 12.1 Å². The second-order valence-corrected chi connectivity index (χ2v) is 7.35. The van der Waals surface area contributed by atoms with Gasteiger partial charge in [0.05, 0.1) is 15.0 Å². The third-order valence-corrected chi connectivity index (χ3v) is 4.82. The Morgan fingerprint density at radius 1 is 1.22 bits per heavy atom. The smallest absolute Gasteiger partial charge is 0.119 e. The lowest BCUT2D eigenvalue weighted by Crippen LogP contribution is -2.10. The Morgan fingerprint density at radius 2 is 1.94 bits per heavy atom. The largest absolute Gasteiger partial charge is 0.490 e. The summed E-state index contributed by atoms with van der Waals surface area (Å²) in [6, 6.07) is 10.3. The Hall–Kier alpha value is -0.590. The molecule has 4 heteroatoms. The van der Waals surface area contributed by atoms with Gasteiger partial charge in [0.1, 0.15) is 5.75 Å². The molecule has 94 valence electrons. The summed E-state index contributed by atoms with van der Waals surface area (Å²) in [5.41, 5.74) is 8.57. The van der Waals surface area contributed by atoms with Gasteiger partial charge in [-0.2, -0.15) is 0 Å². The number of benzene rings is 1. The first kappa shape index (κ1) is 12.4. The lowest BCUT2D eigenvalue weighted by atomic mass is 10.0. The monoisotopic (exact) mass is 371 g/mol. The summed E-state index contributed by atoms with van der Waals surface area (Å²) in [6.07, 6.45) is 2.83. The van der Waals surface area contributed by atoms with Crippen LogP contribution in [0.1, 0.15) is 30.0 Å². The Labute approximate surface area is 124 Å². The Kier molecular flexibility index (Phi) is 3.59. The molecular formula is C14H14INOS. The van der Waals surface area contributed by atoms with Crippen LogP contribution >= 0.6 is 33.9 Å². The highest BCUT2D eigenvalue weighted by Gasteiger charge is 2.23. The number of rotatable bonds is 4. The maximum Gasteiger partial charge on any atom is 0.119 e. The van der Waals surface area contributed by atoms with Crippen LogP contribution in [0.2, 0.25) is 0 Å². The van der Waals surface area contributed by atoms with E-state index in [9.17, 15) is 0 Å². The molecule has 18 heavy (non-hydrogen) atoms. The van der Waals surface area contributed by atoms with E-state index in [1.807, 2.05) is 12.1 Å². The van der Waals surface area contributed by atoms with Crippen molar-refractivity contribution < 1.29 is 4.74 Å². The van der Waals surface area contributed by atoms with E-state index in [1.165, 1.54) is 21.3 Å². The SMILES string of the molecule is NC(c1ccc(OC2CC2)cc1)c1csc(I)c1. The van der Waals surface area contributed by atoms with Gasteiger partial charge in [0, 0.05) is 0 Å². The Morgan fingerprint density at radius 3 is 2.50 bits per heavy atom. The van der Waals surface area contributed by atoms with Crippen molar-refractivity contribution in [3.63, 3.8) is 0 Å². The van der Waals surface area contributed by atoms with Crippen LogP contribution in [0.25, 0.3) is 0 Å². The summed E-state index contributed by atoms with van der Waals surface area (Å²) in [5.74, 6) is 0.952. The lowest BCUT2D eigenvalue weighted by molar-refractivity contribution is 0.303. The molecule has 1 aliphatic carbocycles. The van der Waals surface area contributed by atoms with Crippen molar-refractivity contribution in [1.29, 1.82) is 0 Å². The van der Waals surface area contributed by atoms with E-state index < -0.39 is 0 Å². The highest BCUT2D eigenvalue weighted by molar-refractivity contribution is 14.1. The molecule has 0 radical (unpaired) electrons. The molecule has 2 aromatic rings. The fourth-order valence-corrected chi connectivity index (χ4v) is 3.22. The minimum Gasteiger partial charge on any atom is -0.490 e. The van der Waals surface area contributed by atoms with Gasteiger partial charge in [-0.25, -0.2) is 0 Å². The first-order valence-corrected chi connectivity index (χ1v) is 7.94. The minimum atomic E-state index is -0.0419. The van der Waals surface area contributed by atoms with Gasteiger partial charge in [0.15, 0.2) is 0 Å². The molecular weight excluding hydrogens is 357 g/mol. The Bertz CT molecular complexity index is 533. The van der Waals surface area contributed by atoms with Crippen molar-refractivity contribution in [3.05, 3.63) is 49.7 Å². The van der Waals surface area contributed by atoms with Gasteiger partial charge in [-0.15, -0.1) is 11.3 Å². The van der Waals surface area contributed by atoms with Crippen LogP contribution in [0.3, 0.4) is 0 Å². The summed E-state index contributed by atoms with van der Waals surface area (Å²) >= 11 is 4.05. The fraction of sp³-hybridized carbons (Fsp3) is 0.286. The molecule has 1 unspecified atom stereocenters. The highest BCUT2D eigenvalue weighted by Crippen LogP contribution is 2.29. The maximum atomic E-state index is 6.26. The van der Waals surface area contributed by atoms with Crippen LogP contribution in [0.4, 0.5) is 0 Å². The number of thiophene rings is 1. The zero-order chi connectivity index (χ0) is 12.5. The van der Waals surface area contributed by atoms with Gasteiger partial charge in [0.2, 0.25) is 0 Å². The second kappa shape index (κ2) is 5.19. The first-order valence-electron chi connectivity index (χ1n) is 5.98. The summed E-state index contributed by atoms with van der Waals surface area (Å²) in [6.45, 7) is 0. The summed E-state index contributed by atoms with van der Waals surface area (Å²) < 4.78 is 7.00. The molecule has 0 bridgehead atoms. The van der Waals surface area contributed by atoms with E-state index in [1.54, 1.807) is 11.3 Å². The third kappa shape index (κ3) is 2.87. The van der Waals surface area contributed by atoms with Crippen molar-refractivity contribution in [3.8, 4) is 5.75 Å². The Balaban J connectivity index is 1.74. The van der Waals surface area contributed by atoms with Crippen molar-refractivity contribution in [2.75, 3.05) is 0 Å². The van der Waals surface area contributed by atoms with Crippen LogP contribution in [-0.2, 0) is 0 Å². The van der Waals surface area contributed by atoms with E-state index in [0.29, 0.717) is 6.10 Å².